The zero-order valence-electron chi connectivity index (χ0n) is 12.0. The topological polar surface area (TPSA) is 37.3 Å². The molecular weight excluding hydrogens is 456 g/mol. The van der Waals surface area contributed by atoms with Crippen molar-refractivity contribution in [1.82, 2.24) is 0 Å². The van der Waals surface area contributed by atoms with Crippen LogP contribution in [0, 0.1) is 0 Å². The molecule has 0 aliphatic rings. The van der Waals surface area contributed by atoms with Gasteiger partial charge in [0.05, 0.1) is 0 Å². The molecule has 0 aromatic heterocycles. The summed E-state index contributed by atoms with van der Waals surface area (Å²) in [6.07, 6.45) is -10.3. The van der Waals surface area contributed by atoms with Crippen LogP contribution in [0.4, 0.5) is 70.2 Å². The van der Waals surface area contributed by atoms with E-state index < -0.39 is 59.6 Å². The summed E-state index contributed by atoms with van der Waals surface area (Å²) in [5.74, 6) is -52.1. The van der Waals surface area contributed by atoms with E-state index in [4.69, 9.17) is 5.11 Å². The summed E-state index contributed by atoms with van der Waals surface area (Å²) in [5.41, 5.74) is -4.27. The van der Waals surface area contributed by atoms with Gasteiger partial charge in [0, 0.05) is 0 Å². The lowest BCUT2D eigenvalue weighted by atomic mass is 9.89. The van der Waals surface area contributed by atoms with Crippen LogP contribution in [0.5, 0.6) is 0 Å². The van der Waals surface area contributed by atoms with Crippen molar-refractivity contribution in [2.75, 3.05) is 0 Å². The zero-order chi connectivity index (χ0) is 23.3. The first-order valence-electron chi connectivity index (χ1n) is 5.80. The summed E-state index contributed by atoms with van der Waals surface area (Å²) >= 11 is 0. The molecule has 0 rings (SSSR count). The molecular formula is C10H2F16O2. The molecule has 0 aliphatic carbocycles. The van der Waals surface area contributed by atoms with Gasteiger partial charge in [0.15, 0.2) is 5.57 Å². The van der Waals surface area contributed by atoms with E-state index in [2.05, 4.69) is 0 Å². The minimum Gasteiger partial charge on any atom is -0.478 e. The Morgan fingerprint density at radius 1 is 0.643 bits per heavy atom. The number of halogens is 16. The Balaban J connectivity index is 6.80. The van der Waals surface area contributed by atoms with Crippen molar-refractivity contribution in [1.29, 1.82) is 0 Å². The summed E-state index contributed by atoms with van der Waals surface area (Å²) in [4.78, 5) is 10.1. The Kier molecular flexibility index (Phi) is 6.39. The maximum Gasteiger partial charge on any atom is 0.385 e. The van der Waals surface area contributed by atoms with Gasteiger partial charge in [0.2, 0.25) is 0 Å². The fraction of sp³-hybridized carbons (Fsp3) is 0.700. The largest absolute Gasteiger partial charge is 0.478 e. The van der Waals surface area contributed by atoms with Gasteiger partial charge in [-0.1, -0.05) is 0 Å². The first kappa shape index (κ1) is 26.1. The number of alkyl halides is 14. The van der Waals surface area contributed by atoms with Gasteiger partial charge in [-0.25, -0.2) is 13.6 Å². The van der Waals surface area contributed by atoms with E-state index in [1.165, 1.54) is 0 Å². The lowest BCUT2D eigenvalue weighted by Crippen LogP contribution is -2.72. The van der Waals surface area contributed by atoms with Crippen molar-refractivity contribution in [2.45, 2.75) is 42.0 Å². The zero-order valence-corrected chi connectivity index (χ0v) is 12.0. The number of carboxylic acid groups (broad SMARTS) is 1. The van der Waals surface area contributed by atoms with Crippen molar-refractivity contribution in [3.05, 3.63) is 11.7 Å². The summed E-state index contributed by atoms with van der Waals surface area (Å²) in [7, 11) is 0. The molecule has 0 amide bonds. The Labute approximate surface area is 141 Å². The first-order valence-corrected chi connectivity index (χ1v) is 5.80. The van der Waals surface area contributed by atoms with E-state index in [1.807, 2.05) is 0 Å². The van der Waals surface area contributed by atoms with Crippen LogP contribution in [0.25, 0.3) is 0 Å². The Morgan fingerprint density at radius 3 is 1.21 bits per heavy atom. The predicted octanol–water partition coefficient (Wildman–Crippen LogP) is 5.30. The third kappa shape index (κ3) is 3.23. The van der Waals surface area contributed by atoms with E-state index in [0.29, 0.717) is 0 Å². The highest BCUT2D eigenvalue weighted by molar-refractivity contribution is 5.89. The molecule has 0 fully saturated rings. The molecule has 0 spiro atoms. The van der Waals surface area contributed by atoms with Crippen LogP contribution in [-0.4, -0.2) is 53.0 Å². The molecule has 0 atom stereocenters. The minimum absolute atomic E-state index is 3.81. The molecule has 0 saturated heterocycles. The SMILES string of the molecule is O=C(O)C(=C(F)F)C(F)(F)C(F)(F)C(F)(F)C(F)(F)C(F)(F)C(F)(F)C(F)F. The number of hydrogen-bond acceptors (Lipinski definition) is 1. The van der Waals surface area contributed by atoms with Crippen molar-refractivity contribution in [2.24, 2.45) is 0 Å². The standard InChI is InChI=1S/C10H2F16O2/c11-2(12)1(3(27)28)5(15,16)7(19,20)9(23,24)10(25,26)8(21,22)6(17,18)4(13)14/h4H,(H,27,28). The maximum absolute atomic E-state index is 13.2. The smallest absolute Gasteiger partial charge is 0.385 e. The molecule has 0 radical (unpaired) electrons. The highest BCUT2D eigenvalue weighted by atomic mass is 19.4. The third-order valence-corrected chi connectivity index (χ3v) is 2.99. The molecule has 0 aromatic rings. The number of carboxylic acids is 1. The lowest BCUT2D eigenvalue weighted by molar-refractivity contribution is -0.429. The number of hydrogen-bond donors (Lipinski definition) is 1. The minimum atomic E-state index is -8.46. The monoisotopic (exact) mass is 458 g/mol. The second-order valence-corrected chi connectivity index (χ2v) is 4.74. The molecule has 1 N–H and O–H groups in total. The van der Waals surface area contributed by atoms with Gasteiger partial charge in [-0.15, -0.1) is 0 Å². The molecule has 0 heterocycles. The van der Waals surface area contributed by atoms with Crippen molar-refractivity contribution in [3.8, 4) is 0 Å². The van der Waals surface area contributed by atoms with Gasteiger partial charge < -0.3 is 5.11 Å². The lowest BCUT2D eigenvalue weighted by Gasteiger charge is -2.41. The van der Waals surface area contributed by atoms with Crippen LogP contribution in [0.2, 0.25) is 0 Å². The van der Waals surface area contributed by atoms with Crippen LogP contribution >= 0.6 is 0 Å². The number of aliphatic carboxylic acids is 1. The average molecular weight is 458 g/mol. The van der Waals surface area contributed by atoms with Crippen LogP contribution in [0.1, 0.15) is 0 Å². The first-order chi connectivity index (χ1) is 12.0. The van der Waals surface area contributed by atoms with Gasteiger partial charge in [-0.2, -0.15) is 61.5 Å². The molecule has 0 aromatic carbocycles. The summed E-state index contributed by atoms with van der Waals surface area (Å²) in [6, 6.07) is 0. The second kappa shape index (κ2) is 6.85. The second-order valence-electron chi connectivity index (χ2n) is 4.74. The third-order valence-electron chi connectivity index (χ3n) is 2.99. The fourth-order valence-electron chi connectivity index (χ4n) is 1.43. The molecule has 0 saturated carbocycles. The Bertz CT molecular complexity index is 644. The molecule has 28 heavy (non-hydrogen) atoms. The molecule has 18 heteroatoms. The highest BCUT2D eigenvalue weighted by Crippen LogP contribution is 2.61. The van der Waals surface area contributed by atoms with E-state index in [-0.39, 0.29) is 0 Å². The summed E-state index contributed by atoms with van der Waals surface area (Å²) in [5, 5.41) is 7.92. The molecule has 0 aliphatic heterocycles. The van der Waals surface area contributed by atoms with Gasteiger partial charge in [0.25, 0.3) is 6.08 Å². The van der Waals surface area contributed by atoms with Crippen LogP contribution in [0.3, 0.4) is 0 Å². The normalized spacial score (nSPS) is 15.0. The number of rotatable bonds is 8. The van der Waals surface area contributed by atoms with Crippen molar-refractivity contribution in [3.63, 3.8) is 0 Å². The average Bonchev–Trinajstić information content (AvgIpc) is 2.44. The molecule has 2 nitrogen and oxygen atoms in total. The molecule has 166 valence electrons. The van der Waals surface area contributed by atoms with Crippen LogP contribution in [0.15, 0.2) is 11.7 Å². The van der Waals surface area contributed by atoms with Gasteiger partial charge in [0.1, 0.15) is 0 Å². The predicted molar refractivity (Wildman–Crippen MR) is 52.6 cm³/mol. The fourth-order valence-corrected chi connectivity index (χ4v) is 1.43. The molecule has 0 bridgehead atoms. The number of carbonyl (C=O) groups is 1. The van der Waals surface area contributed by atoms with Crippen LogP contribution < -0.4 is 0 Å². The van der Waals surface area contributed by atoms with Gasteiger partial charge in [-0.05, 0) is 0 Å². The molecule has 0 unspecified atom stereocenters. The van der Waals surface area contributed by atoms with Crippen molar-refractivity contribution < 1.29 is 80.1 Å². The Hall–Kier alpha value is -1.91. The van der Waals surface area contributed by atoms with Gasteiger partial charge >= 0.3 is 47.9 Å². The van der Waals surface area contributed by atoms with Crippen LogP contribution in [-0.2, 0) is 4.79 Å². The highest BCUT2D eigenvalue weighted by Gasteiger charge is 2.91. The Morgan fingerprint density at radius 2 is 0.964 bits per heavy atom. The van der Waals surface area contributed by atoms with E-state index in [9.17, 15) is 75.0 Å². The summed E-state index contributed by atoms with van der Waals surface area (Å²) in [6.45, 7) is 0. The van der Waals surface area contributed by atoms with E-state index >= 15 is 0 Å². The van der Waals surface area contributed by atoms with Crippen molar-refractivity contribution >= 4 is 5.97 Å². The van der Waals surface area contributed by atoms with E-state index in [1.54, 1.807) is 0 Å². The quantitative estimate of drug-likeness (QED) is 0.396. The maximum atomic E-state index is 13.2. The van der Waals surface area contributed by atoms with E-state index in [0.717, 1.165) is 0 Å². The summed E-state index contributed by atoms with van der Waals surface area (Å²) < 4.78 is 203. The van der Waals surface area contributed by atoms with Gasteiger partial charge in [-0.3, -0.25) is 0 Å².